The van der Waals surface area contributed by atoms with Crippen LogP contribution in [-0.2, 0) is 4.74 Å². The van der Waals surface area contributed by atoms with Gasteiger partial charge in [0.15, 0.2) is 5.65 Å². The Labute approximate surface area is 156 Å². The van der Waals surface area contributed by atoms with Gasteiger partial charge >= 0.3 is 5.97 Å². The average Bonchev–Trinajstić information content (AvgIpc) is 2.97. The summed E-state index contributed by atoms with van der Waals surface area (Å²) in [5.41, 5.74) is 9.90. The molecule has 27 heavy (non-hydrogen) atoms. The van der Waals surface area contributed by atoms with Crippen LogP contribution in [0.25, 0.3) is 27.9 Å². The molecule has 0 spiro atoms. The number of carbonyl (C=O) groups is 1. The molecular weight excluding hydrogens is 340 g/mol. The molecule has 0 saturated carbocycles. The lowest BCUT2D eigenvalue weighted by Gasteiger charge is -2.11. The van der Waals surface area contributed by atoms with Gasteiger partial charge in [-0.2, -0.15) is 0 Å². The van der Waals surface area contributed by atoms with Crippen molar-refractivity contribution in [2.45, 2.75) is 26.4 Å². The van der Waals surface area contributed by atoms with E-state index in [2.05, 4.69) is 4.98 Å². The molecule has 0 saturated heterocycles. The normalized spacial score (nSPS) is 12.4. The van der Waals surface area contributed by atoms with Gasteiger partial charge in [0.25, 0.3) is 0 Å². The van der Waals surface area contributed by atoms with Crippen molar-refractivity contribution in [1.82, 2.24) is 14.5 Å². The lowest BCUT2D eigenvalue weighted by Crippen LogP contribution is -2.15. The van der Waals surface area contributed by atoms with Gasteiger partial charge in [-0.3, -0.25) is 4.57 Å². The third-order valence-corrected chi connectivity index (χ3v) is 4.60. The zero-order valence-electron chi connectivity index (χ0n) is 15.2. The SMILES string of the molecule is CCC(C)OC(=O)c1c(N)n(-c2ccccc2)c2nc3ccccc3nc12. The molecule has 2 heterocycles. The maximum absolute atomic E-state index is 12.8. The first-order valence-corrected chi connectivity index (χ1v) is 8.93. The number of aromatic nitrogens is 3. The number of fused-ring (bicyclic) bond motifs is 2. The standard InChI is InChI=1S/C21H20N4O2/c1-3-13(2)27-21(26)17-18-20(24-16-12-8-7-11-15(16)23-18)25(19(17)22)14-9-5-4-6-10-14/h4-13H,3,22H2,1-2H3. The average molecular weight is 360 g/mol. The summed E-state index contributed by atoms with van der Waals surface area (Å²) in [6, 6.07) is 17.1. The molecule has 0 aliphatic heterocycles. The summed E-state index contributed by atoms with van der Waals surface area (Å²) >= 11 is 0. The molecule has 6 nitrogen and oxygen atoms in total. The van der Waals surface area contributed by atoms with E-state index in [-0.39, 0.29) is 17.5 Å². The van der Waals surface area contributed by atoms with Crippen LogP contribution in [0.2, 0.25) is 0 Å². The number of anilines is 1. The van der Waals surface area contributed by atoms with Crippen molar-refractivity contribution in [3.8, 4) is 5.69 Å². The van der Waals surface area contributed by atoms with E-state index >= 15 is 0 Å². The van der Waals surface area contributed by atoms with Crippen molar-refractivity contribution in [2.24, 2.45) is 0 Å². The summed E-state index contributed by atoms with van der Waals surface area (Å²) in [4.78, 5) is 22.3. The van der Waals surface area contributed by atoms with Crippen LogP contribution in [0.5, 0.6) is 0 Å². The largest absolute Gasteiger partial charge is 0.459 e. The number of nitrogen functional groups attached to an aromatic ring is 1. The van der Waals surface area contributed by atoms with Crippen LogP contribution in [0.1, 0.15) is 30.6 Å². The molecule has 4 aromatic rings. The second-order valence-corrected chi connectivity index (χ2v) is 6.44. The Morgan fingerprint density at radius 2 is 1.70 bits per heavy atom. The van der Waals surface area contributed by atoms with Crippen molar-refractivity contribution in [2.75, 3.05) is 5.73 Å². The highest BCUT2D eigenvalue weighted by Gasteiger charge is 2.26. The fourth-order valence-electron chi connectivity index (χ4n) is 3.03. The number of para-hydroxylation sites is 3. The molecule has 4 rings (SSSR count). The molecular formula is C21H20N4O2. The van der Waals surface area contributed by atoms with Gasteiger partial charge < -0.3 is 10.5 Å². The van der Waals surface area contributed by atoms with Crippen molar-refractivity contribution in [3.63, 3.8) is 0 Å². The zero-order valence-corrected chi connectivity index (χ0v) is 15.2. The number of ether oxygens (including phenoxy) is 1. The van der Waals surface area contributed by atoms with Crippen LogP contribution in [0.4, 0.5) is 5.82 Å². The van der Waals surface area contributed by atoms with Gasteiger partial charge in [-0.1, -0.05) is 37.3 Å². The predicted molar refractivity (Wildman–Crippen MR) is 106 cm³/mol. The van der Waals surface area contributed by atoms with E-state index in [0.717, 1.165) is 17.6 Å². The van der Waals surface area contributed by atoms with Crippen LogP contribution < -0.4 is 5.73 Å². The highest BCUT2D eigenvalue weighted by atomic mass is 16.5. The quantitative estimate of drug-likeness (QED) is 0.554. The number of hydrogen-bond donors (Lipinski definition) is 1. The number of rotatable bonds is 4. The van der Waals surface area contributed by atoms with Crippen LogP contribution in [-0.4, -0.2) is 26.6 Å². The minimum Gasteiger partial charge on any atom is -0.459 e. The Bertz CT molecular complexity index is 1140. The zero-order chi connectivity index (χ0) is 19.0. The number of nitrogens with zero attached hydrogens (tertiary/aromatic N) is 3. The van der Waals surface area contributed by atoms with Crippen LogP contribution in [0.3, 0.4) is 0 Å². The maximum Gasteiger partial charge on any atom is 0.344 e. The smallest absolute Gasteiger partial charge is 0.344 e. The summed E-state index contributed by atoms with van der Waals surface area (Å²) in [5.74, 6) is -0.203. The summed E-state index contributed by atoms with van der Waals surface area (Å²) in [6.45, 7) is 3.81. The lowest BCUT2D eigenvalue weighted by molar-refractivity contribution is 0.0338. The number of benzene rings is 2. The van der Waals surface area contributed by atoms with Crippen molar-refractivity contribution < 1.29 is 9.53 Å². The molecule has 0 aliphatic rings. The highest BCUT2D eigenvalue weighted by Crippen LogP contribution is 2.31. The minimum atomic E-state index is -0.480. The summed E-state index contributed by atoms with van der Waals surface area (Å²) in [5, 5.41) is 0. The molecule has 2 N–H and O–H groups in total. The second kappa shape index (κ2) is 6.72. The Morgan fingerprint density at radius 3 is 2.37 bits per heavy atom. The maximum atomic E-state index is 12.8. The van der Waals surface area contributed by atoms with E-state index in [1.807, 2.05) is 68.4 Å². The van der Waals surface area contributed by atoms with E-state index in [1.165, 1.54) is 0 Å². The first-order chi connectivity index (χ1) is 13.1. The highest BCUT2D eigenvalue weighted by molar-refractivity contribution is 6.09. The summed E-state index contributed by atoms with van der Waals surface area (Å²) < 4.78 is 7.29. The first kappa shape index (κ1) is 17.0. The van der Waals surface area contributed by atoms with Gasteiger partial charge in [-0.15, -0.1) is 0 Å². The van der Waals surface area contributed by atoms with E-state index in [4.69, 9.17) is 15.5 Å². The Balaban J connectivity index is 2.03. The Kier molecular flexibility index (Phi) is 4.24. The van der Waals surface area contributed by atoms with Gasteiger partial charge in [0, 0.05) is 5.69 Å². The number of esters is 1. The molecule has 0 bridgehead atoms. The Morgan fingerprint density at radius 1 is 1.07 bits per heavy atom. The second-order valence-electron chi connectivity index (χ2n) is 6.44. The third-order valence-electron chi connectivity index (χ3n) is 4.60. The van der Waals surface area contributed by atoms with E-state index in [0.29, 0.717) is 16.7 Å². The van der Waals surface area contributed by atoms with Crippen LogP contribution >= 0.6 is 0 Å². The first-order valence-electron chi connectivity index (χ1n) is 8.93. The molecule has 0 amide bonds. The third kappa shape index (κ3) is 2.89. The molecule has 0 aliphatic carbocycles. The topological polar surface area (TPSA) is 83.0 Å². The monoisotopic (exact) mass is 360 g/mol. The number of nitrogens with two attached hydrogens (primary N) is 1. The summed E-state index contributed by atoms with van der Waals surface area (Å²) in [7, 11) is 0. The molecule has 2 aromatic heterocycles. The van der Waals surface area contributed by atoms with E-state index < -0.39 is 5.97 Å². The van der Waals surface area contributed by atoms with E-state index in [1.54, 1.807) is 4.57 Å². The van der Waals surface area contributed by atoms with Crippen LogP contribution in [0, 0.1) is 0 Å². The van der Waals surface area contributed by atoms with Gasteiger partial charge in [-0.25, -0.2) is 14.8 Å². The van der Waals surface area contributed by atoms with Crippen LogP contribution in [0.15, 0.2) is 54.6 Å². The van der Waals surface area contributed by atoms with Gasteiger partial charge in [0.1, 0.15) is 16.9 Å². The molecule has 1 unspecified atom stereocenters. The van der Waals surface area contributed by atoms with Crippen molar-refractivity contribution in [1.29, 1.82) is 0 Å². The fraction of sp³-hybridized carbons (Fsp3) is 0.190. The minimum absolute atomic E-state index is 0.208. The lowest BCUT2D eigenvalue weighted by atomic mass is 10.2. The Hall–Kier alpha value is -3.41. The fourth-order valence-corrected chi connectivity index (χ4v) is 3.03. The summed E-state index contributed by atoms with van der Waals surface area (Å²) in [6.07, 6.45) is 0.512. The van der Waals surface area contributed by atoms with E-state index in [9.17, 15) is 4.79 Å². The molecule has 2 aromatic carbocycles. The predicted octanol–water partition coefficient (Wildman–Crippen LogP) is 4.11. The number of hydrogen-bond acceptors (Lipinski definition) is 5. The molecule has 6 heteroatoms. The molecule has 1 atom stereocenters. The van der Waals surface area contributed by atoms with Gasteiger partial charge in [0.05, 0.1) is 17.1 Å². The van der Waals surface area contributed by atoms with Crippen molar-refractivity contribution in [3.05, 3.63) is 60.2 Å². The molecule has 0 radical (unpaired) electrons. The van der Waals surface area contributed by atoms with Crippen molar-refractivity contribution >= 4 is 34.0 Å². The number of carbonyl (C=O) groups excluding carboxylic acids is 1. The molecule has 136 valence electrons. The van der Waals surface area contributed by atoms with Gasteiger partial charge in [-0.05, 0) is 37.6 Å². The molecule has 0 fully saturated rings. The van der Waals surface area contributed by atoms with Gasteiger partial charge in [0.2, 0.25) is 0 Å².